The van der Waals surface area contributed by atoms with Gasteiger partial charge in [-0.15, -0.1) is 0 Å². The number of aromatic nitrogens is 3. The van der Waals surface area contributed by atoms with Gasteiger partial charge in [0.1, 0.15) is 23.7 Å². The van der Waals surface area contributed by atoms with Crippen molar-refractivity contribution in [1.29, 1.82) is 0 Å². The van der Waals surface area contributed by atoms with E-state index in [9.17, 15) is 13.2 Å². The molecule has 29 heavy (non-hydrogen) atoms. The fraction of sp³-hybridized carbons (Fsp3) is 0.250. The maximum Gasteiger partial charge on any atom is 0.416 e. The molecule has 0 spiro atoms. The van der Waals surface area contributed by atoms with Crippen LogP contribution in [0.2, 0.25) is 0 Å². The van der Waals surface area contributed by atoms with Crippen LogP contribution in [0.1, 0.15) is 16.8 Å². The lowest BCUT2D eigenvalue weighted by molar-refractivity contribution is -0.137. The highest BCUT2D eigenvalue weighted by atomic mass is 19.4. The van der Waals surface area contributed by atoms with Crippen LogP contribution >= 0.6 is 0 Å². The summed E-state index contributed by atoms with van der Waals surface area (Å²) in [5, 5.41) is 3.28. The van der Waals surface area contributed by atoms with Gasteiger partial charge >= 0.3 is 6.18 Å². The van der Waals surface area contributed by atoms with E-state index in [0.29, 0.717) is 25.3 Å². The minimum atomic E-state index is -4.40. The fourth-order valence-electron chi connectivity index (χ4n) is 3.26. The van der Waals surface area contributed by atoms with Gasteiger partial charge < -0.3 is 15.0 Å². The first kappa shape index (κ1) is 19.0. The SMILES string of the molecule is COc1cccc(Nc2ncnc3c2CCN(c2cc(C(F)(F)F)ccn2)C3)c1. The summed E-state index contributed by atoms with van der Waals surface area (Å²) < 4.78 is 44.2. The van der Waals surface area contributed by atoms with Crippen LogP contribution in [0.5, 0.6) is 5.75 Å². The van der Waals surface area contributed by atoms with Crippen molar-refractivity contribution in [2.75, 3.05) is 23.9 Å². The summed E-state index contributed by atoms with van der Waals surface area (Å²) in [4.78, 5) is 14.6. The Morgan fingerprint density at radius 2 is 1.97 bits per heavy atom. The Bertz CT molecular complexity index is 1020. The molecule has 6 nitrogen and oxygen atoms in total. The van der Waals surface area contributed by atoms with Gasteiger partial charge in [-0.1, -0.05) is 6.07 Å². The predicted molar refractivity (Wildman–Crippen MR) is 102 cm³/mol. The van der Waals surface area contributed by atoms with Crippen LogP contribution in [0, 0.1) is 0 Å². The topological polar surface area (TPSA) is 63.2 Å². The molecule has 2 aromatic heterocycles. The molecule has 0 bridgehead atoms. The van der Waals surface area contributed by atoms with Gasteiger partial charge in [-0.25, -0.2) is 15.0 Å². The number of methoxy groups -OCH3 is 1. The first-order valence-electron chi connectivity index (χ1n) is 8.96. The number of benzene rings is 1. The smallest absolute Gasteiger partial charge is 0.416 e. The number of alkyl halides is 3. The van der Waals surface area contributed by atoms with Gasteiger partial charge in [0.25, 0.3) is 0 Å². The summed E-state index contributed by atoms with van der Waals surface area (Å²) in [5.41, 5.74) is 1.82. The molecular weight excluding hydrogens is 383 g/mol. The van der Waals surface area contributed by atoms with Crippen LogP contribution < -0.4 is 15.0 Å². The molecule has 0 aliphatic carbocycles. The molecule has 1 aromatic carbocycles. The van der Waals surface area contributed by atoms with Crippen molar-refractivity contribution in [2.24, 2.45) is 0 Å². The minimum absolute atomic E-state index is 0.284. The number of rotatable bonds is 4. The Hall–Kier alpha value is -3.36. The highest BCUT2D eigenvalue weighted by Crippen LogP contribution is 2.33. The van der Waals surface area contributed by atoms with Crippen molar-refractivity contribution in [1.82, 2.24) is 15.0 Å². The number of anilines is 3. The third kappa shape index (κ3) is 4.08. The first-order chi connectivity index (χ1) is 13.9. The van der Waals surface area contributed by atoms with E-state index in [4.69, 9.17) is 4.74 Å². The summed E-state index contributed by atoms with van der Waals surface area (Å²) in [5.74, 6) is 1.69. The second kappa shape index (κ2) is 7.57. The molecule has 0 saturated carbocycles. The van der Waals surface area contributed by atoms with E-state index < -0.39 is 11.7 Å². The largest absolute Gasteiger partial charge is 0.497 e. The third-order valence-corrected chi connectivity index (χ3v) is 4.74. The van der Waals surface area contributed by atoms with E-state index in [2.05, 4.69) is 20.3 Å². The van der Waals surface area contributed by atoms with Crippen LogP contribution in [0.15, 0.2) is 48.9 Å². The lowest BCUT2D eigenvalue weighted by Crippen LogP contribution is -2.32. The number of nitrogens with zero attached hydrogens (tertiary/aromatic N) is 4. The van der Waals surface area contributed by atoms with Gasteiger partial charge in [0.05, 0.1) is 24.9 Å². The van der Waals surface area contributed by atoms with E-state index in [1.807, 2.05) is 24.3 Å². The van der Waals surface area contributed by atoms with E-state index in [1.54, 1.807) is 12.0 Å². The molecule has 4 rings (SSSR count). The zero-order chi connectivity index (χ0) is 20.4. The van der Waals surface area contributed by atoms with Gasteiger partial charge in [-0.2, -0.15) is 13.2 Å². The van der Waals surface area contributed by atoms with E-state index in [-0.39, 0.29) is 5.82 Å². The molecule has 1 N–H and O–H groups in total. The number of halogens is 3. The van der Waals surface area contributed by atoms with Crippen LogP contribution in [0.4, 0.5) is 30.5 Å². The van der Waals surface area contributed by atoms with E-state index in [1.165, 1.54) is 12.5 Å². The zero-order valence-electron chi connectivity index (χ0n) is 15.6. The average Bonchev–Trinajstić information content (AvgIpc) is 2.73. The second-order valence-corrected chi connectivity index (χ2v) is 6.58. The number of ether oxygens (including phenoxy) is 1. The molecule has 1 aliphatic heterocycles. The number of hydrogen-bond donors (Lipinski definition) is 1. The molecule has 0 unspecified atom stereocenters. The highest BCUT2D eigenvalue weighted by molar-refractivity contribution is 5.62. The zero-order valence-corrected chi connectivity index (χ0v) is 15.6. The van der Waals surface area contributed by atoms with E-state index >= 15 is 0 Å². The van der Waals surface area contributed by atoms with Gasteiger partial charge in [0.15, 0.2) is 0 Å². The minimum Gasteiger partial charge on any atom is -0.497 e. The number of fused-ring (bicyclic) bond motifs is 1. The second-order valence-electron chi connectivity index (χ2n) is 6.58. The predicted octanol–water partition coefficient (Wildman–Crippen LogP) is 4.21. The summed E-state index contributed by atoms with van der Waals surface area (Å²) in [6.07, 6.45) is -1.18. The van der Waals surface area contributed by atoms with Gasteiger partial charge in [0, 0.05) is 30.1 Å². The van der Waals surface area contributed by atoms with Crippen molar-refractivity contribution in [2.45, 2.75) is 19.1 Å². The first-order valence-corrected chi connectivity index (χ1v) is 8.96. The lowest BCUT2D eigenvalue weighted by Gasteiger charge is -2.30. The van der Waals surface area contributed by atoms with Crippen molar-refractivity contribution < 1.29 is 17.9 Å². The molecule has 1 aliphatic rings. The van der Waals surface area contributed by atoms with Crippen LogP contribution in [-0.4, -0.2) is 28.6 Å². The molecular formula is C20H18F3N5O. The summed E-state index contributed by atoms with van der Waals surface area (Å²) in [7, 11) is 1.60. The Labute approximate surface area is 165 Å². The molecule has 9 heteroatoms. The van der Waals surface area contributed by atoms with E-state index in [0.717, 1.165) is 34.8 Å². The third-order valence-electron chi connectivity index (χ3n) is 4.74. The Kier molecular flexibility index (Phi) is 4.96. The quantitative estimate of drug-likeness (QED) is 0.707. The molecule has 0 saturated heterocycles. The number of hydrogen-bond acceptors (Lipinski definition) is 6. The summed E-state index contributed by atoms with van der Waals surface area (Å²) in [6, 6.07) is 9.52. The standard InChI is InChI=1S/C20H18F3N5O/c1-29-15-4-2-3-14(10-15)27-19-16-6-8-28(11-17(16)25-12-26-19)18-9-13(5-7-24-18)20(21,22)23/h2-5,7,9-10,12H,6,8,11H2,1H3,(H,25,26,27). The summed E-state index contributed by atoms with van der Waals surface area (Å²) in [6.45, 7) is 0.875. The van der Waals surface area contributed by atoms with Crippen molar-refractivity contribution in [3.8, 4) is 5.75 Å². The fourth-order valence-corrected chi connectivity index (χ4v) is 3.26. The van der Waals surface area contributed by atoms with Gasteiger partial charge in [-0.3, -0.25) is 0 Å². The molecule has 3 aromatic rings. The molecule has 150 valence electrons. The maximum atomic E-state index is 13.0. The Morgan fingerprint density at radius 3 is 2.76 bits per heavy atom. The van der Waals surface area contributed by atoms with Crippen molar-refractivity contribution >= 4 is 17.3 Å². The normalized spacial score (nSPS) is 13.7. The van der Waals surface area contributed by atoms with Crippen LogP contribution in [-0.2, 0) is 19.1 Å². The van der Waals surface area contributed by atoms with Crippen molar-refractivity contribution in [3.63, 3.8) is 0 Å². The molecule has 0 fully saturated rings. The van der Waals surface area contributed by atoms with Gasteiger partial charge in [-0.05, 0) is 30.7 Å². The molecule has 0 amide bonds. The Balaban J connectivity index is 1.57. The average molecular weight is 401 g/mol. The maximum absolute atomic E-state index is 13.0. The molecule has 0 radical (unpaired) electrons. The van der Waals surface area contributed by atoms with Crippen molar-refractivity contribution in [3.05, 3.63) is 65.7 Å². The molecule has 3 heterocycles. The van der Waals surface area contributed by atoms with Crippen LogP contribution in [0.3, 0.4) is 0 Å². The number of pyridine rings is 1. The summed E-state index contributed by atoms with van der Waals surface area (Å²) >= 11 is 0. The number of nitrogens with one attached hydrogen (secondary N) is 1. The monoisotopic (exact) mass is 401 g/mol. The molecule has 0 atom stereocenters. The van der Waals surface area contributed by atoms with Crippen LogP contribution in [0.25, 0.3) is 0 Å². The lowest BCUT2D eigenvalue weighted by atomic mass is 10.0. The Morgan fingerprint density at radius 1 is 1.10 bits per heavy atom. The van der Waals surface area contributed by atoms with Gasteiger partial charge in [0.2, 0.25) is 0 Å². The highest BCUT2D eigenvalue weighted by Gasteiger charge is 2.31.